The van der Waals surface area contributed by atoms with Crippen LogP contribution in [0.2, 0.25) is 0 Å². The van der Waals surface area contributed by atoms with E-state index < -0.39 is 23.2 Å². The first-order chi connectivity index (χ1) is 9.93. The molecule has 0 N–H and O–H groups in total. The van der Waals surface area contributed by atoms with Crippen molar-refractivity contribution in [1.82, 2.24) is 0 Å². The van der Waals surface area contributed by atoms with Gasteiger partial charge in [-0.25, -0.2) is 13.2 Å². The van der Waals surface area contributed by atoms with Crippen molar-refractivity contribution in [2.24, 2.45) is 0 Å². The van der Waals surface area contributed by atoms with E-state index in [4.69, 9.17) is 0 Å². The summed E-state index contributed by atoms with van der Waals surface area (Å²) in [5, 5.41) is 0. The van der Waals surface area contributed by atoms with E-state index in [0.717, 1.165) is 0 Å². The summed E-state index contributed by atoms with van der Waals surface area (Å²) in [5.41, 5.74) is 0.435. The summed E-state index contributed by atoms with van der Waals surface area (Å²) in [6, 6.07) is 7.14. The predicted molar refractivity (Wildman–Crippen MR) is 70.7 cm³/mol. The number of carbonyl (C=O) groups is 2. The van der Waals surface area contributed by atoms with Crippen LogP contribution in [0.5, 0.6) is 0 Å². The van der Waals surface area contributed by atoms with Crippen LogP contribution in [0.4, 0.5) is 18.9 Å². The summed E-state index contributed by atoms with van der Waals surface area (Å²) < 4.78 is 39.1. The summed E-state index contributed by atoms with van der Waals surface area (Å²) in [6.45, 7) is 0. The molecule has 0 heterocycles. The van der Waals surface area contributed by atoms with E-state index in [1.165, 1.54) is 36.2 Å². The van der Waals surface area contributed by atoms with Crippen LogP contribution in [-0.4, -0.2) is 19.2 Å². The van der Waals surface area contributed by atoms with E-state index in [0.29, 0.717) is 24.2 Å². The average Bonchev–Trinajstić information content (AvgIpc) is 2.50. The summed E-state index contributed by atoms with van der Waals surface area (Å²) in [4.78, 5) is 24.0. The maximum Gasteiger partial charge on any atom is 0.213 e. The molecular formula is C15H10F3NO2. The molecule has 0 bridgehead atoms. The molecule has 0 saturated carbocycles. The number of nitrogens with zero attached hydrogens (tertiary/aromatic N) is 1. The van der Waals surface area contributed by atoms with Crippen LogP contribution >= 0.6 is 0 Å². The van der Waals surface area contributed by atoms with Gasteiger partial charge in [0.05, 0.1) is 0 Å². The van der Waals surface area contributed by atoms with Crippen molar-refractivity contribution in [3.63, 3.8) is 0 Å². The Bertz CT molecular complexity index is 676. The second-order valence-electron chi connectivity index (χ2n) is 4.35. The van der Waals surface area contributed by atoms with Gasteiger partial charge in [-0.1, -0.05) is 0 Å². The Hall–Kier alpha value is -2.63. The number of amides is 1. The highest BCUT2D eigenvalue weighted by atomic mass is 19.2. The number of benzene rings is 2. The predicted octanol–water partition coefficient (Wildman–Crippen LogP) is 2.93. The molecule has 0 radical (unpaired) electrons. The summed E-state index contributed by atoms with van der Waals surface area (Å²) in [7, 11) is 1.54. The van der Waals surface area contributed by atoms with Gasteiger partial charge in [0.15, 0.2) is 23.2 Å². The lowest BCUT2D eigenvalue weighted by Gasteiger charge is -2.11. The number of hydrogen-bond donors (Lipinski definition) is 0. The fraction of sp³-hybridized carbons (Fsp3) is 0.0667. The van der Waals surface area contributed by atoms with Gasteiger partial charge in [-0.2, -0.15) is 0 Å². The molecule has 0 unspecified atom stereocenters. The monoisotopic (exact) mass is 293 g/mol. The molecule has 0 saturated heterocycles. The molecule has 108 valence electrons. The first-order valence-electron chi connectivity index (χ1n) is 5.91. The van der Waals surface area contributed by atoms with Gasteiger partial charge >= 0.3 is 0 Å². The quantitative estimate of drug-likeness (QED) is 0.494. The number of ketones is 1. The van der Waals surface area contributed by atoms with Crippen LogP contribution in [0, 0.1) is 17.5 Å². The lowest BCUT2D eigenvalue weighted by molar-refractivity contribution is -0.107. The Labute approximate surface area is 118 Å². The van der Waals surface area contributed by atoms with E-state index in [2.05, 4.69) is 0 Å². The Morgan fingerprint density at radius 1 is 1.00 bits per heavy atom. The fourth-order valence-corrected chi connectivity index (χ4v) is 1.76. The van der Waals surface area contributed by atoms with Gasteiger partial charge in [0, 0.05) is 23.9 Å². The second kappa shape index (κ2) is 5.78. The van der Waals surface area contributed by atoms with E-state index in [1.54, 1.807) is 0 Å². The first kappa shape index (κ1) is 14.8. The number of hydrogen-bond acceptors (Lipinski definition) is 2. The zero-order chi connectivity index (χ0) is 15.6. The third-order valence-corrected chi connectivity index (χ3v) is 2.94. The topological polar surface area (TPSA) is 37.4 Å². The number of halogens is 3. The van der Waals surface area contributed by atoms with Gasteiger partial charge in [0.25, 0.3) is 0 Å². The minimum Gasteiger partial charge on any atom is -0.318 e. The van der Waals surface area contributed by atoms with Crippen molar-refractivity contribution < 1.29 is 22.8 Å². The molecule has 0 spiro atoms. The molecule has 21 heavy (non-hydrogen) atoms. The van der Waals surface area contributed by atoms with Gasteiger partial charge in [-0.05, 0) is 36.4 Å². The van der Waals surface area contributed by atoms with E-state index in [-0.39, 0.29) is 11.1 Å². The van der Waals surface area contributed by atoms with Crippen molar-refractivity contribution in [2.45, 2.75) is 0 Å². The van der Waals surface area contributed by atoms with Gasteiger partial charge in [-0.15, -0.1) is 0 Å². The highest BCUT2D eigenvalue weighted by molar-refractivity contribution is 6.09. The maximum absolute atomic E-state index is 13.1. The Balaban J connectivity index is 2.34. The standard InChI is InChI=1S/C15H10F3NO2/c1-19(8-20)11-4-2-9(3-5-11)15(21)10-6-12(16)14(18)13(17)7-10/h2-8H,1H3. The smallest absolute Gasteiger partial charge is 0.213 e. The van der Waals surface area contributed by atoms with Crippen molar-refractivity contribution in [1.29, 1.82) is 0 Å². The lowest BCUT2D eigenvalue weighted by Crippen LogP contribution is -2.13. The molecule has 1 amide bonds. The summed E-state index contributed by atoms with van der Waals surface area (Å²) in [5.74, 6) is -5.10. The molecule has 2 aromatic rings. The van der Waals surface area contributed by atoms with Crippen LogP contribution in [0.1, 0.15) is 15.9 Å². The van der Waals surface area contributed by atoms with Crippen LogP contribution < -0.4 is 4.90 Å². The van der Waals surface area contributed by atoms with Crippen LogP contribution in [0.3, 0.4) is 0 Å². The molecule has 3 nitrogen and oxygen atoms in total. The van der Waals surface area contributed by atoms with Gasteiger partial charge < -0.3 is 4.90 Å². The lowest BCUT2D eigenvalue weighted by atomic mass is 10.0. The molecule has 0 aromatic heterocycles. The molecule has 2 rings (SSSR count). The van der Waals surface area contributed by atoms with Gasteiger partial charge in [0.1, 0.15) is 0 Å². The van der Waals surface area contributed by atoms with Gasteiger partial charge in [-0.3, -0.25) is 9.59 Å². The third kappa shape index (κ3) is 2.94. The average molecular weight is 293 g/mol. The van der Waals surface area contributed by atoms with Crippen molar-refractivity contribution >= 4 is 17.9 Å². The molecule has 0 aliphatic heterocycles. The fourth-order valence-electron chi connectivity index (χ4n) is 1.76. The zero-order valence-corrected chi connectivity index (χ0v) is 10.9. The molecule has 0 fully saturated rings. The normalized spacial score (nSPS) is 10.3. The SMILES string of the molecule is CN(C=O)c1ccc(C(=O)c2cc(F)c(F)c(F)c2)cc1. The zero-order valence-electron chi connectivity index (χ0n) is 10.9. The number of carbonyl (C=O) groups excluding carboxylic acids is 2. The van der Waals surface area contributed by atoms with Crippen LogP contribution in [0.25, 0.3) is 0 Å². The van der Waals surface area contributed by atoms with E-state index in [9.17, 15) is 22.8 Å². The molecule has 0 aliphatic rings. The first-order valence-corrected chi connectivity index (χ1v) is 5.91. The molecule has 0 atom stereocenters. The van der Waals surface area contributed by atoms with Crippen molar-refractivity contribution in [3.8, 4) is 0 Å². The highest BCUT2D eigenvalue weighted by Crippen LogP contribution is 2.19. The second-order valence-corrected chi connectivity index (χ2v) is 4.35. The summed E-state index contributed by atoms with van der Waals surface area (Å²) >= 11 is 0. The molecule has 2 aromatic carbocycles. The Morgan fingerprint density at radius 3 is 2.00 bits per heavy atom. The minimum absolute atomic E-state index is 0.170. The van der Waals surface area contributed by atoms with Crippen molar-refractivity contribution in [3.05, 3.63) is 65.0 Å². The number of anilines is 1. The van der Waals surface area contributed by atoms with Crippen molar-refractivity contribution in [2.75, 3.05) is 11.9 Å². The Kier molecular flexibility index (Phi) is 4.07. The van der Waals surface area contributed by atoms with E-state index in [1.807, 2.05) is 0 Å². The molecule has 0 aliphatic carbocycles. The molecule has 6 heteroatoms. The van der Waals surface area contributed by atoms with Gasteiger partial charge in [0.2, 0.25) is 6.41 Å². The number of rotatable bonds is 4. The maximum atomic E-state index is 13.1. The van der Waals surface area contributed by atoms with Crippen LogP contribution in [0.15, 0.2) is 36.4 Å². The largest absolute Gasteiger partial charge is 0.318 e. The van der Waals surface area contributed by atoms with E-state index >= 15 is 0 Å². The molecular weight excluding hydrogens is 283 g/mol. The minimum atomic E-state index is -1.62. The summed E-state index contributed by atoms with van der Waals surface area (Å²) in [6.07, 6.45) is 0.599. The highest BCUT2D eigenvalue weighted by Gasteiger charge is 2.16. The Morgan fingerprint density at radius 2 is 1.52 bits per heavy atom. The third-order valence-electron chi connectivity index (χ3n) is 2.94. The van der Waals surface area contributed by atoms with Crippen LogP contribution in [-0.2, 0) is 4.79 Å².